The van der Waals surface area contributed by atoms with E-state index in [1.54, 1.807) is 29.2 Å². The van der Waals surface area contributed by atoms with Gasteiger partial charge in [-0.1, -0.05) is 99.6 Å². The van der Waals surface area contributed by atoms with Crippen molar-refractivity contribution < 1.29 is 43.1 Å². The molecule has 2 heterocycles. The molecule has 270 valence electrons. The van der Waals surface area contributed by atoms with Gasteiger partial charge in [0.15, 0.2) is 18.7 Å². The third-order valence-corrected chi connectivity index (χ3v) is 9.87. The average molecular weight is 690 g/mol. The number of esters is 1. The summed E-state index contributed by atoms with van der Waals surface area (Å²) in [5, 5.41) is 10.9. The second-order valence-corrected chi connectivity index (χ2v) is 13.5. The van der Waals surface area contributed by atoms with Crippen LogP contribution in [0.15, 0.2) is 91.0 Å². The van der Waals surface area contributed by atoms with Gasteiger partial charge in [0.2, 0.25) is 0 Å². The van der Waals surface area contributed by atoms with E-state index in [2.05, 4.69) is 0 Å². The number of rotatable bonds is 13. The first-order valence-corrected chi connectivity index (χ1v) is 17.6. The summed E-state index contributed by atoms with van der Waals surface area (Å²) in [4.78, 5) is 28.3. The number of ether oxygens (including phenoxy) is 6. The molecule has 10 heteroatoms. The molecule has 1 N–H and O–H groups in total. The zero-order valence-corrected chi connectivity index (χ0v) is 29.6. The molecule has 0 radical (unpaired) electrons. The summed E-state index contributed by atoms with van der Waals surface area (Å²) < 4.78 is 37.3. The first kappa shape index (κ1) is 37.5. The molecule has 3 aromatic rings. The Morgan fingerprint density at radius 3 is 1.96 bits per heavy atom. The second kappa shape index (κ2) is 17.9. The SMILES string of the molecule is CC1[C@H](O[C@@H]2C(OC(=O)c3ccccc3)[C@H](OCCCN(Cc3ccccc3)C(=O)OCc3ccccc3)OC(C)[C@@H]2C)OC(C)[C@H](C)[C@@H]1O. The normalized spacial score (nSPS) is 29.6. The van der Waals surface area contributed by atoms with Crippen LogP contribution in [0.2, 0.25) is 0 Å². The molecule has 3 aromatic carbocycles. The molecule has 0 bridgehead atoms. The first-order chi connectivity index (χ1) is 24.1. The Bertz CT molecular complexity index is 1480. The van der Waals surface area contributed by atoms with Gasteiger partial charge in [-0.3, -0.25) is 0 Å². The lowest BCUT2D eigenvalue weighted by Crippen LogP contribution is -2.59. The summed E-state index contributed by atoms with van der Waals surface area (Å²) in [5.41, 5.74) is 2.27. The van der Waals surface area contributed by atoms with Crippen LogP contribution < -0.4 is 0 Å². The molecular formula is C40H51NO9. The van der Waals surface area contributed by atoms with Gasteiger partial charge in [0, 0.05) is 30.8 Å². The van der Waals surface area contributed by atoms with Crippen molar-refractivity contribution in [1.82, 2.24) is 4.90 Å². The van der Waals surface area contributed by atoms with Crippen molar-refractivity contribution in [2.24, 2.45) is 17.8 Å². The fourth-order valence-electron chi connectivity index (χ4n) is 6.35. The van der Waals surface area contributed by atoms with Gasteiger partial charge in [-0.2, -0.15) is 0 Å². The van der Waals surface area contributed by atoms with Gasteiger partial charge < -0.3 is 38.4 Å². The van der Waals surface area contributed by atoms with Crippen LogP contribution in [-0.4, -0.2) is 78.3 Å². The van der Waals surface area contributed by atoms with Gasteiger partial charge >= 0.3 is 12.1 Å². The lowest BCUT2D eigenvalue weighted by atomic mass is 9.86. The Hall–Kier alpha value is -3.80. The van der Waals surface area contributed by atoms with Crippen molar-refractivity contribution in [1.29, 1.82) is 0 Å². The second-order valence-electron chi connectivity index (χ2n) is 13.5. The Labute approximate surface area is 295 Å². The Kier molecular flexibility index (Phi) is 13.4. The molecule has 2 aliphatic rings. The van der Waals surface area contributed by atoms with Crippen molar-refractivity contribution in [3.63, 3.8) is 0 Å². The lowest BCUT2D eigenvalue weighted by Gasteiger charge is -2.47. The van der Waals surface area contributed by atoms with Crippen LogP contribution >= 0.6 is 0 Å². The Morgan fingerprint density at radius 1 is 0.720 bits per heavy atom. The van der Waals surface area contributed by atoms with Gasteiger partial charge in [0.05, 0.1) is 30.5 Å². The third-order valence-electron chi connectivity index (χ3n) is 9.87. The fourth-order valence-corrected chi connectivity index (χ4v) is 6.35. The van der Waals surface area contributed by atoms with Crippen LogP contribution in [0, 0.1) is 17.8 Å². The zero-order valence-electron chi connectivity index (χ0n) is 29.6. The number of carbonyl (C=O) groups is 2. The van der Waals surface area contributed by atoms with E-state index in [4.69, 9.17) is 28.4 Å². The van der Waals surface area contributed by atoms with Crippen LogP contribution in [0.4, 0.5) is 4.79 Å². The highest BCUT2D eigenvalue weighted by Gasteiger charge is 2.49. The summed E-state index contributed by atoms with van der Waals surface area (Å²) in [5.74, 6) is -1.10. The van der Waals surface area contributed by atoms with Gasteiger partial charge in [-0.25, -0.2) is 9.59 Å². The predicted octanol–water partition coefficient (Wildman–Crippen LogP) is 6.60. The molecule has 0 saturated carbocycles. The van der Waals surface area contributed by atoms with Crippen molar-refractivity contribution in [3.8, 4) is 0 Å². The summed E-state index contributed by atoms with van der Waals surface area (Å²) in [6, 6.07) is 28.0. The Morgan fingerprint density at radius 2 is 1.30 bits per heavy atom. The minimum atomic E-state index is -0.952. The molecule has 1 amide bonds. The summed E-state index contributed by atoms with van der Waals surface area (Å²) in [6.07, 6.45) is -4.38. The zero-order chi connectivity index (χ0) is 35.6. The molecule has 0 spiro atoms. The number of benzene rings is 3. The summed E-state index contributed by atoms with van der Waals surface area (Å²) >= 11 is 0. The average Bonchev–Trinajstić information content (AvgIpc) is 3.14. The highest BCUT2D eigenvalue weighted by molar-refractivity contribution is 5.89. The lowest BCUT2D eigenvalue weighted by molar-refractivity contribution is -0.333. The highest BCUT2D eigenvalue weighted by Crippen LogP contribution is 2.37. The maximum Gasteiger partial charge on any atom is 0.410 e. The number of aliphatic hydroxyl groups excluding tert-OH is 1. The molecule has 50 heavy (non-hydrogen) atoms. The molecule has 2 aliphatic heterocycles. The fraction of sp³-hybridized carbons (Fsp3) is 0.500. The van der Waals surface area contributed by atoms with Crippen LogP contribution in [0.1, 0.15) is 62.5 Å². The number of amides is 1. The molecule has 0 aromatic heterocycles. The summed E-state index contributed by atoms with van der Waals surface area (Å²) in [6.45, 7) is 10.8. The van der Waals surface area contributed by atoms with E-state index >= 15 is 0 Å². The number of hydrogen-bond donors (Lipinski definition) is 1. The largest absolute Gasteiger partial charge is 0.451 e. The molecule has 2 saturated heterocycles. The quantitative estimate of drug-likeness (QED) is 0.157. The van der Waals surface area contributed by atoms with Crippen LogP contribution in [0.3, 0.4) is 0 Å². The molecule has 5 rings (SSSR count). The number of aliphatic hydroxyl groups is 1. The van der Waals surface area contributed by atoms with Crippen LogP contribution in [0.5, 0.6) is 0 Å². The van der Waals surface area contributed by atoms with E-state index < -0.39 is 43.0 Å². The van der Waals surface area contributed by atoms with E-state index in [0.717, 1.165) is 11.1 Å². The van der Waals surface area contributed by atoms with Gasteiger partial charge in [0.25, 0.3) is 0 Å². The monoisotopic (exact) mass is 689 g/mol. The predicted molar refractivity (Wildman–Crippen MR) is 187 cm³/mol. The van der Waals surface area contributed by atoms with E-state index in [1.807, 2.05) is 101 Å². The van der Waals surface area contributed by atoms with Crippen molar-refractivity contribution >= 4 is 12.1 Å². The van der Waals surface area contributed by atoms with Crippen molar-refractivity contribution in [2.75, 3.05) is 13.2 Å². The topological polar surface area (TPSA) is 113 Å². The van der Waals surface area contributed by atoms with Gasteiger partial charge in [0.1, 0.15) is 12.7 Å². The van der Waals surface area contributed by atoms with E-state index in [9.17, 15) is 14.7 Å². The number of hydrogen-bond acceptors (Lipinski definition) is 9. The van der Waals surface area contributed by atoms with Crippen LogP contribution in [-0.2, 0) is 41.6 Å². The molecule has 2 fully saturated rings. The van der Waals surface area contributed by atoms with Crippen molar-refractivity contribution in [2.45, 2.75) is 97.3 Å². The standard InChI is InChI=1S/C40H51NO9/c1-26-29(4)47-38(28(3)34(26)42)50-35-27(2)30(5)48-39(36(35)49-37(43)33-20-13-8-14-21-33)45-23-15-22-41(24-31-16-9-6-10-17-31)40(44)46-25-32-18-11-7-12-19-32/h6-14,16-21,26-30,34-36,38-39,42H,15,22-25H2,1-5H3/t26-,27-,28?,29?,30?,34-,35-,36?,38-,39+/m0/s1. The Balaban J connectivity index is 1.28. The maximum atomic E-state index is 13.4. The summed E-state index contributed by atoms with van der Waals surface area (Å²) in [7, 11) is 0. The van der Waals surface area contributed by atoms with E-state index in [0.29, 0.717) is 25.1 Å². The smallest absolute Gasteiger partial charge is 0.410 e. The maximum absolute atomic E-state index is 13.4. The van der Waals surface area contributed by atoms with E-state index in [-0.39, 0.29) is 43.2 Å². The third kappa shape index (κ3) is 9.70. The minimum Gasteiger partial charge on any atom is -0.451 e. The van der Waals surface area contributed by atoms with Crippen molar-refractivity contribution in [3.05, 3.63) is 108 Å². The molecule has 10 nitrogen and oxygen atoms in total. The number of nitrogens with zero attached hydrogens (tertiary/aromatic N) is 1. The molecule has 4 unspecified atom stereocenters. The van der Waals surface area contributed by atoms with Gasteiger partial charge in [-0.05, 0) is 43.5 Å². The minimum absolute atomic E-state index is 0.0595. The number of carbonyl (C=O) groups excluding carboxylic acids is 2. The first-order valence-electron chi connectivity index (χ1n) is 17.6. The van der Waals surface area contributed by atoms with Gasteiger partial charge in [-0.15, -0.1) is 0 Å². The highest BCUT2D eigenvalue weighted by atomic mass is 16.7. The van der Waals surface area contributed by atoms with E-state index in [1.165, 1.54) is 0 Å². The van der Waals surface area contributed by atoms with Crippen LogP contribution in [0.25, 0.3) is 0 Å². The molecule has 0 aliphatic carbocycles. The molecule has 10 atom stereocenters. The molecular weight excluding hydrogens is 638 g/mol.